The third-order valence-electron chi connectivity index (χ3n) is 2.79. The van der Waals surface area contributed by atoms with Crippen LogP contribution in [0.1, 0.15) is 36.8 Å². The van der Waals surface area contributed by atoms with Crippen molar-refractivity contribution in [2.24, 2.45) is 13.0 Å². The number of carbonyl (C=O) groups is 1. The molecule has 5 nitrogen and oxygen atoms in total. The Morgan fingerprint density at radius 1 is 1.53 bits per heavy atom. The van der Waals surface area contributed by atoms with Crippen molar-refractivity contribution in [3.8, 4) is 0 Å². The molecule has 1 atom stereocenters. The Kier molecular flexibility index (Phi) is 4.69. The highest BCUT2D eigenvalue weighted by molar-refractivity contribution is 5.95. The summed E-state index contributed by atoms with van der Waals surface area (Å²) in [6, 6.07) is 0.137. The van der Waals surface area contributed by atoms with Crippen LogP contribution in [-0.2, 0) is 18.4 Å². The minimum Gasteiger partial charge on any atom is -0.378 e. The number of nitrogens with one attached hydrogen (secondary N) is 1. The molecule has 0 aromatic carbocycles. The zero-order chi connectivity index (χ0) is 13.0. The minimum atomic E-state index is -0.0913. The summed E-state index contributed by atoms with van der Waals surface area (Å²) in [6.07, 6.45) is 1.72. The predicted molar refractivity (Wildman–Crippen MR) is 65.7 cm³/mol. The second-order valence-electron chi connectivity index (χ2n) is 4.60. The van der Waals surface area contributed by atoms with E-state index in [4.69, 9.17) is 4.74 Å². The number of aryl methyl sites for hydroxylation is 1. The van der Waals surface area contributed by atoms with Crippen molar-refractivity contribution in [3.63, 3.8) is 0 Å². The zero-order valence-electron chi connectivity index (χ0n) is 11.2. The standard InChI is InChI=1S/C12H21N3O2/c1-8(2)9(3)13-12(16)10-6-15(4)14-11(10)7-17-5/h6,8-9H,7H2,1-5H3,(H,13,16)/t9-/m1/s1. The average Bonchev–Trinajstić information content (AvgIpc) is 2.60. The summed E-state index contributed by atoms with van der Waals surface area (Å²) in [6.45, 7) is 6.49. The van der Waals surface area contributed by atoms with Crippen LogP contribution in [-0.4, -0.2) is 28.8 Å². The number of amides is 1. The quantitative estimate of drug-likeness (QED) is 0.843. The molecule has 0 saturated heterocycles. The Morgan fingerprint density at radius 2 is 2.18 bits per heavy atom. The molecule has 5 heteroatoms. The second kappa shape index (κ2) is 5.82. The lowest BCUT2D eigenvalue weighted by Gasteiger charge is -2.17. The zero-order valence-corrected chi connectivity index (χ0v) is 11.2. The van der Waals surface area contributed by atoms with Crippen LogP contribution in [0.4, 0.5) is 0 Å². The lowest BCUT2D eigenvalue weighted by molar-refractivity contribution is 0.0925. The first-order valence-electron chi connectivity index (χ1n) is 5.78. The van der Waals surface area contributed by atoms with Gasteiger partial charge in [-0.25, -0.2) is 0 Å². The second-order valence-corrected chi connectivity index (χ2v) is 4.60. The molecule has 1 N–H and O–H groups in total. The normalized spacial score (nSPS) is 12.8. The van der Waals surface area contributed by atoms with Gasteiger partial charge in [-0.3, -0.25) is 9.48 Å². The lowest BCUT2D eigenvalue weighted by Crippen LogP contribution is -2.36. The highest BCUT2D eigenvalue weighted by Crippen LogP contribution is 2.09. The van der Waals surface area contributed by atoms with Crippen LogP contribution >= 0.6 is 0 Å². The van der Waals surface area contributed by atoms with Gasteiger partial charge < -0.3 is 10.1 Å². The topological polar surface area (TPSA) is 56.2 Å². The van der Waals surface area contributed by atoms with Gasteiger partial charge in [-0.1, -0.05) is 13.8 Å². The van der Waals surface area contributed by atoms with Crippen molar-refractivity contribution in [1.82, 2.24) is 15.1 Å². The fourth-order valence-corrected chi connectivity index (χ4v) is 1.42. The molecule has 0 saturated carbocycles. The molecule has 1 aromatic rings. The monoisotopic (exact) mass is 239 g/mol. The van der Waals surface area contributed by atoms with E-state index in [1.807, 2.05) is 6.92 Å². The fraction of sp³-hybridized carbons (Fsp3) is 0.667. The maximum atomic E-state index is 12.0. The Labute approximate surface area is 102 Å². The molecule has 0 radical (unpaired) electrons. The van der Waals surface area contributed by atoms with Crippen molar-refractivity contribution in [2.75, 3.05) is 7.11 Å². The number of aromatic nitrogens is 2. The summed E-state index contributed by atoms with van der Waals surface area (Å²) >= 11 is 0. The van der Waals surface area contributed by atoms with Crippen molar-refractivity contribution < 1.29 is 9.53 Å². The summed E-state index contributed by atoms with van der Waals surface area (Å²) in [4.78, 5) is 12.0. The Balaban J connectivity index is 2.80. The number of ether oxygens (including phenoxy) is 1. The molecule has 1 rings (SSSR count). The third-order valence-corrected chi connectivity index (χ3v) is 2.79. The van der Waals surface area contributed by atoms with Gasteiger partial charge in [0.1, 0.15) is 5.69 Å². The number of methoxy groups -OCH3 is 1. The SMILES string of the molecule is COCc1nn(C)cc1C(=O)N[C@H](C)C(C)C. The number of carbonyl (C=O) groups excluding carboxylic acids is 1. The van der Waals surface area contributed by atoms with E-state index in [9.17, 15) is 4.79 Å². The van der Waals surface area contributed by atoms with Gasteiger partial charge >= 0.3 is 0 Å². The Hall–Kier alpha value is -1.36. The van der Waals surface area contributed by atoms with Crippen LogP contribution in [0.2, 0.25) is 0 Å². The minimum absolute atomic E-state index is 0.0913. The predicted octanol–water partition coefficient (Wildman–Crippen LogP) is 1.34. The van der Waals surface area contributed by atoms with Crippen LogP contribution in [0.15, 0.2) is 6.20 Å². The van der Waals surface area contributed by atoms with E-state index in [1.165, 1.54) is 0 Å². The van der Waals surface area contributed by atoms with Gasteiger partial charge in [0.25, 0.3) is 5.91 Å². The summed E-state index contributed by atoms with van der Waals surface area (Å²) < 4.78 is 6.66. The number of rotatable bonds is 5. The van der Waals surface area contributed by atoms with Crippen LogP contribution in [0.25, 0.3) is 0 Å². The van der Waals surface area contributed by atoms with Gasteiger partial charge in [-0.15, -0.1) is 0 Å². The van der Waals surface area contributed by atoms with E-state index in [-0.39, 0.29) is 11.9 Å². The molecular weight excluding hydrogens is 218 g/mol. The Bertz CT molecular complexity index is 385. The maximum absolute atomic E-state index is 12.0. The van der Waals surface area contributed by atoms with Gasteiger partial charge in [-0.05, 0) is 12.8 Å². The Morgan fingerprint density at radius 3 is 2.71 bits per heavy atom. The summed E-state index contributed by atoms with van der Waals surface area (Å²) in [5.74, 6) is 0.313. The van der Waals surface area contributed by atoms with Gasteiger partial charge in [0.05, 0.1) is 12.2 Å². The van der Waals surface area contributed by atoms with E-state index in [1.54, 1.807) is 25.0 Å². The molecule has 0 fully saturated rings. The van der Waals surface area contributed by atoms with Crippen LogP contribution in [0.5, 0.6) is 0 Å². The molecule has 1 heterocycles. The van der Waals surface area contributed by atoms with Crippen molar-refractivity contribution in [2.45, 2.75) is 33.4 Å². The van der Waals surface area contributed by atoms with E-state index >= 15 is 0 Å². The van der Waals surface area contributed by atoms with E-state index < -0.39 is 0 Å². The van der Waals surface area contributed by atoms with E-state index in [0.29, 0.717) is 23.8 Å². The highest BCUT2D eigenvalue weighted by Gasteiger charge is 2.18. The molecule has 1 amide bonds. The maximum Gasteiger partial charge on any atom is 0.255 e. The van der Waals surface area contributed by atoms with Crippen LogP contribution in [0, 0.1) is 5.92 Å². The smallest absolute Gasteiger partial charge is 0.255 e. The first kappa shape index (κ1) is 13.7. The molecule has 0 spiro atoms. The van der Waals surface area contributed by atoms with Crippen molar-refractivity contribution in [1.29, 1.82) is 0 Å². The highest BCUT2D eigenvalue weighted by atomic mass is 16.5. The van der Waals surface area contributed by atoms with Gasteiger partial charge in [0.2, 0.25) is 0 Å². The van der Waals surface area contributed by atoms with Gasteiger partial charge in [-0.2, -0.15) is 5.10 Å². The lowest BCUT2D eigenvalue weighted by atomic mass is 10.1. The van der Waals surface area contributed by atoms with Crippen molar-refractivity contribution in [3.05, 3.63) is 17.5 Å². The molecule has 0 aliphatic rings. The van der Waals surface area contributed by atoms with Crippen LogP contribution < -0.4 is 5.32 Å². The molecule has 0 aliphatic carbocycles. The van der Waals surface area contributed by atoms with Crippen molar-refractivity contribution >= 4 is 5.91 Å². The molecule has 96 valence electrons. The molecule has 17 heavy (non-hydrogen) atoms. The molecule has 1 aromatic heterocycles. The molecule has 0 aliphatic heterocycles. The number of hydrogen-bond acceptors (Lipinski definition) is 3. The van der Waals surface area contributed by atoms with Gasteiger partial charge in [0.15, 0.2) is 0 Å². The van der Waals surface area contributed by atoms with E-state index in [0.717, 1.165) is 0 Å². The summed E-state index contributed by atoms with van der Waals surface area (Å²) in [5.41, 5.74) is 1.25. The summed E-state index contributed by atoms with van der Waals surface area (Å²) in [7, 11) is 3.38. The molecular formula is C12H21N3O2. The number of hydrogen-bond donors (Lipinski definition) is 1. The fourth-order valence-electron chi connectivity index (χ4n) is 1.42. The summed E-state index contributed by atoms with van der Waals surface area (Å²) in [5, 5.41) is 7.16. The average molecular weight is 239 g/mol. The van der Waals surface area contributed by atoms with Crippen LogP contribution in [0.3, 0.4) is 0 Å². The first-order valence-corrected chi connectivity index (χ1v) is 5.78. The van der Waals surface area contributed by atoms with Gasteiger partial charge in [0, 0.05) is 26.4 Å². The largest absolute Gasteiger partial charge is 0.378 e. The first-order chi connectivity index (χ1) is 7.95. The molecule has 0 unspecified atom stereocenters. The molecule has 0 bridgehead atoms. The van der Waals surface area contributed by atoms with E-state index in [2.05, 4.69) is 24.3 Å². The third kappa shape index (κ3) is 3.56. The number of nitrogens with zero attached hydrogens (tertiary/aromatic N) is 2.